The number of hydrogen-bond donors (Lipinski definition) is 1. The van der Waals surface area contributed by atoms with E-state index in [9.17, 15) is 9.90 Å². The monoisotopic (exact) mass is 232 g/mol. The van der Waals surface area contributed by atoms with Crippen LogP contribution >= 0.6 is 0 Å². The molecule has 0 bridgehead atoms. The third kappa shape index (κ3) is 2.18. The Kier molecular flexibility index (Phi) is 2.69. The van der Waals surface area contributed by atoms with E-state index in [2.05, 4.69) is 20.8 Å². The first-order valence-corrected chi connectivity index (χ1v) is 5.60. The second kappa shape index (κ2) is 3.91. The molecule has 0 aliphatic carbocycles. The van der Waals surface area contributed by atoms with Crippen molar-refractivity contribution in [3.05, 3.63) is 41.2 Å². The third-order valence-corrected chi connectivity index (χ3v) is 2.87. The number of carbonyl (C=O) groups excluding carboxylic acids is 1. The van der Waals surface area contributed by atoms with Gasteiger partial charge in [-0.05, 0) is 16.5 Å². The molecule has 1 aromatic rings. The molecule has 1 heterocycles. The Hall–Kier alpha value is -1.77. The fourth-order valence-corrected chi connectivity index (χ4v) is 1.82. The van der Waals surface area contributed by atoms with Crippen molar-refractivity contribution in [3.63, 3.8) is 0 Å². The maximum absolute atomic E-state index is 11.4. The zero-order chi connectivity index (χ0) is 12.6. The number of ether oxygens (including phenoxy) is 1. The molecule has 3 heteroatoms. The van der Waals surface area contributed by atoms with Gasteiger partial charge in [0.1, 0.15) is 17.9 Å². The lowest BCUT2D eigenvalue weighted by molar-refractivity contribution is -0.134. The first kappa shape index (κ1) is 11.7. The van der Waals surface area contributed by atoms with Crippen molar-refractivity contribution in [3.8, 4) is 0 Å². The van der Waals surface area contributed by atoms with E-state index in [1.807, 2.05) is 24.3 Å². The highest BCUT2D eigenvalue weighted by atomic mass is 16.5. The maximum atomic E-state index is 11.4. The van der Waals surface area contributed by atoms with E-state index in [-0.39, 0.29) is 23.4 Å². The highest BCUT2D eigenvalue weighted by molar-refractivity contribution is 6.18. The Balaban J connectivity index is 2.37. The summed E-state index contributed by atoms with van der Waals surface area (Å²) in [5.41, 5.74) is 2.25. The SMILES string of the molecule is CC(C)(C)c1ccc(C2=C(O)COC2=O)cc1. The second-order valence-corrected chi connectivity index (χ2v) is 5.23. The van der Waals surface area contributed by atoms with Crippen LogP contribution in [0.5, 0.6) is 0 Å². The highest BCUT2D eigenvalue weighted by Crippen LogP contribution is 2.28. The van der Waals surface area contributed by atoms with Crippen LogP contribution in [-0.4, -0.2) is 17.7 Å². The van der Waals surface area contributed by atoms with Crippen molar-refractivity contribution in [1.29, 1.82) is 0 Å². The molecule has 0 atom stereocenters. The van der Waals surface area contributed by atoms with Gasteiger partial charge in [-0.25, -0.2) is 4.79 Å². The zero-order valence-electron chi connectivity index (χ0n) is 10.3. The Morgan fingerprint density at radius 3 is 2.18 bits per heavy atom. The highest BCUT2D eigenvalue weighted by Gasteiger charge is 2.26. The van der Waals surface area contributed by atoms with Crippen molar-refractivity contribution in [2.24, 2.45) is 0 Å². The number of carbonyl (C=O) groups is 1. The molecule has 1 aromatic carbocycles. The molecule has 3 nitrogen and oxygen atoms in total. The summed E-state index contributed by atoms with van der Waals surface area (Å²) in [5, 5.41) is 9.58. The number of benzene rings is 1. The van der Waals surface area contributed by atoms with Gasteiger partial charge < -0.3 is 9.84 Å². The van der Waals surface area contributed by atoms with Crippen LogP contribution in [0.25, 0.3) is 5.57 Å². The van der Waals surface area contributed by atoms with Gasteiger partial charge in [0.05, 0.1) is 0 Å². The number of esters is 1. The van der Waals surface area contributed by atoms with Crippen molar-refractivity contribution in [2.75, 3.05) is 6.61 Å². The van der Waals surface area contributed by atoms with Gasteiger partial charge in [-0.15, -0.1) is 0 Å². The Labute approximate surface area is 101 Å². The van der Waals surface area contributed by atoms with E-state index >= 15 is 0 Å². The Morgan fingerprint density at radius 1 is 1.18 bits per heavy atom. The number of aliphatic hydroxyl groups is 1. The summed E-state index contributed by atoms with van der Waals surface area (Å²) < 4.78 is 4.77. The summed E-state index contributed by atoms with van der Waals surface area (Å²) in [5.74, 6) is -0.440. The fourth-order valence-electron chi connectivity index (χ4n) is 1.82. The van der Waals surface area contributed by atoms with Gasteiger partial charge in [-0.2, -0.15) is 0 Å². The quantitative estimate of drug-likeness (QED) is 0.757. The number of cyclic esters (lactones) is 1. The molecule has 0 aromatic heterocycles. The molecule has 90 valence electrons. The second-order valence-electron chi connectivity index (χ2n) is 5.23. The van der Waals surface area contributed by atoms with E-state index in [1.54, 1.807) is 0 Å². The molecule has 0 amide bonds. The normalized spacial score (nSPS) is 16.3. The van der Waals surface area contributed by atoms with Gasteiger partial charge in [-0.3, -0.25) is 0 Å². The predicted molar refractivity (Wildman–Crippen MR) is 65.6 cm³/mol. The molecule has 2 rings (SSSR count). The Morgan fingerprint density at radius 2 is 1.76 bits per heavy atom. The van der Waals surface area contributed by atoms with Gasteiger partial charge in [0.2, 0.25) is 0 Å². The first-order valence-electron chi connectivity index (χ1n) is 5.60. The van der Waals surface area contributed by atoms with Crippen molar-refractivity contribution < 1.29 is 14.6 Å². The molecular weight excluding hydrogens is 216 g/mol. The average molecular weight is 232 g/mol. The van der Waals surface area contributed by atoms with Crippen LogP contribution < -0.4 is 0 Å². The lowest BCUT2D eigenvalue weighted by Gasteiger charge is -2.19. The molecule has 1 N–H and O–H groups in total. The summed E-state index contributed by atoms with van der Waals surface area (Å²) in [7, 11) is 0. The molecule has 1 aliphatic rings. The molecule has 0 spiro atoms. The summed E-state index contributed by atoms with van der Waals surface area (Å²) in [4.78, 5) is 11.4. The standard InChI is InChI=1S/C14H16O3/c1-14(2,3)10-6-4-9(5-7-10)12-11(15)8-17-13(12)16/h4-7,15H,8H2,1-3H3. The molecule has 0 saturated heterocycles. The van der Waals surface area contributed by atoms with E-state index in [4.69, 9.17) is 4.74 Å². The average Bonchev–Trinajstić information content (AvgIpc) is 2.58. The van der Waals surface area contributed by atoms with E-state index < -0.39 is 5.97 Å². The largest absolute Gasteiger partial charge is 0.508 e. The van der Waals surface area contributed by atoms with Crippen molar-refractivity contribution in [1.82, 2.24) is 0 Å². The molecule has 0 fully saturated rings. The van der Waals surface area contributed by atoms with Crippen molar-refractivity contribution in [2.45, 2.75) is 26.2 Å². The Bertz CT molecular complexity index is 475. The topological polar surface area (TPSA) is 46.5 Å². The van der Waals surface area contributed by atoms with Crippen LogP contribution in [0.15, 0.2) is 30.0 Å². The van der Waals surface area contributed by atoms with E-state index in [0.717, 1.165) is 0 Å². The molecular formula is C14H16O3. The molecule has 17 heavy (non-hydrogen) atoms. The lowest BCUT2D eigenvalue weighted by Crippen LogP contribution is -2.10. The van der Waals surface area contributed by atoms with Crippen LogP contribution in [0.4, 0.5) is 0 Å². The minimum absolute atomic E-state index is 0.0125. The third-order valence-electron chi connectivity index (χ3n) is 2.87. The van der Waals surface area contributed by atoms with Crippen LogP contribution in [0, 0.1) is 0 Å². The molecule has 0 saturated carbocycles. The van der Waals surface area contributed by atoms with Gasteiger partial charge in [0.25, 0.3) is 0 Å². The summed E-state index contributed by atoms with van der Waals surface area (Å²) >= 11 is 0. The predicted octanol–water partition coefficient (Wildman–Crippen LogP) is 2.81. The number of aliphatic hydroxyl groups excluding tert-OH is 1. The van der Waals surface area contributed by atoms with Crippen LogP contribution in [-0.2, 0) is 14.9 Å². The van der Waals surface area contributed by atoms with Crippen LogP contribution in [0.2, 0.25) is 0 Å². The maximum Gasteiger partial charge on any atom is 0.342 e. The molecule has 0 radical (unpaired) electrons. The van der Waals surface area contributed by atoms with Gasteiger partial charge in [-0.1, -0.05) is 45.0 Å². The van der Waals surface area contributed by atoms with E-state index in [1.165, 1.54) is 5.56 Å². The number of rotatable bonds is 1. The van der Waals surface area contributed by atoms with Gasteiger partial charge in [0, 0.05) is 0 Å². The lowest BCUT2D eigenvalue weighted by atomic mass is 9.86. The summed E-state index contributed by atoms with van der Waals surface area (Å²) in [6, 6.07) is 7.64. The van der Waals surface area contributed by atoms with E-state index in [0.29, 0.717) is 5.56 Å². The molecule has 1 aliphatic heterocycles. The smallest absolute Gasteiger partial charge is 0.342 e. The van der Waals surface area contributed by atoms with Crippen LogP contribution in [0.1, 0.15) is 31.9 Å². The van der Waals surface area contributed by atoms with Crippen LogP contribution in [0.3, 0.4) is 0 Å². The number of hydrogen-bond acceptors (Lipinski definition) is 3. The summed E-state index contributed by atoms with van der Waals surface area (Å²) in [6.07, 6.45) is 0. The minimum atomic E-state index is -0.453. The van der Waals surface area contributed by atoms with Gasteiger partial charge >= 0.3 is 5.97 Å². The molecule has 0 unspecified atom stereocenters. The zero-order valence-corrected chi connectivity index (χ0v) is 10.3. The van der Waals surface area contributed by atoms with Gasteiger partial charge in [0.15, 0.2) is 0 Å². The fraction of sp³-hybridized carbons (Fsp3) is 0.357. The summed E-state index contributed by atoms with van der Waals surface area (Å²) in [6.45, 7) is 6.36. The van der Waals surface area contributed by atoms with Crippen molar-refractivity contribution >= 4 is 11.5 Å². The minimum Gasteiger partial charge on any atom is -0.508 e. The first-order chi connectivity index (χ1) is 7.89.